The van der Waals surface area contributed by atoms with Crippen molar-refractivity contribution < 1.29 is 9.21 Å². The molecule has 0 saturated carbocycles. The van der Waals surface area contributed by atoms with Crippen LogP contribution in [0.2, 0.25) is 0 Å². The molecule has 122 valence electrons. The average molecular weight is 322 g/mol. The quantitative estimate of drug-likeness (QED) is 0.801. The van der Waals surface area contributed by atoms with Crippen molar-refractivity contribution >= 4 is 5.91 Å². The number of nitrogens with one attached hydrogen (secondary N) is 1. The van der Waals surface area contributed by atoms with Gasteiger partial charge in [0.1, 0.15) is 11.6 Å². The first-order valence-corrected chi connectivity index (χ1v) is 8.06. The predicted octanol–water partition coefficient (Wildman–Crippen LogP) is 2.89. The fraction of sp³-hybridized carbons (Fsp3) is 0.278. The van der Waals surface area contributed by atoms with E-state index in [9.17, 15) is 4.79 Å². The molecule has 24 heavy (non-hydrogen) atoms. The minimum atomic E-state index is -0.0746. The molecule has 0 spiro atoms. The molecule has 0 fully saturated rings. The van der Waals surface area contributed by atoms with E-state index in [-0.39, 0.29) is 11.9 Å². The third kappa shape index (κ3) is 2.40. The summed E-state index contributed by atoms with van der Waals surface area (Å²) >= 11 is 0. The lowest BCUT2D eigenvalue weighted by molar-refractivity contribution is 0.0956. The highest BCUT2D eigenvalue weighted by Crippen LogP contribution is 2.28. The van der Waals surface area contributed by atoms with Crippen LogP contribution in [0.25, 0.3) is 11.6 Å². The Morgan fingerprint density at radius 2 is 2.08 bits per heavy atom. The molecule has 6 heteroatoms. The van der Waals surface area contributed by atoms with Crippen LogP contribution in [0.4, 0.5) is 0 Å². The van der Waals surface area contributed by atoms with Gasteiger partial charge in [0.05, 0.1) is 6.04 Å². The van der Waals surface area contributed by atoms with Gasteiger partial charge in [0.25, 0.3) is 5.91 Å². The smallest absolute Gasteiger partial charge is 0.252 e. The Balaban J connectivity index is 1.66. The molecule has 1 aliphatic rings. The molecule has 1 aliphatic heterocycles. The Labute approximate surface area is 139 Å². The van der Waals surface area contributed by atoms with Crippen LogP contribution in [-0.2, 0) is 13.0 Å². The van der Waals surface area contributed by atoms with E-state index in [1.54, 1.807) is 0 Å². The summed E-state index contributed by atoms with van der Waals surface area (Å²) in [6.07, 6.45) is 0.600. The van der Waals surface area contributed by atoms with Gasteiger partial charge in [-0.2, -0.15) is 0 Å². The van der Waals surface area contributed by atoms with Crippen molar-refractivity contribution in [3.8, 4) is 11.6 Å². The molecule has 0 unspecified atom stereocenters. The van der Waals surface area contributed by atoms with E-state index in [1.165, 1.54) is 0 Å². The molecule has 1 amide bonds. The van der Waals surface area contributed by atoms with E-state index in [0.29, 0.717) is 24.6 Å². The summed E-state index contributed by atoms with van der Waals surface area (Å²) in [7, 11) is 0. The summed E-state index contributed by atoms with van der Waals surface area (Å²) in [6.45, 7) is 4.63. The highest BCUT2D eigenvalue weighted by molar-refractivity contribution is 5.99. The monoisotopic (exact) mass is 322 g/mol. The van der Waals surface area contributed by atoms with Gasteiger partial charge < -0.3 is 9.73 Å². The third-order valence-electron chi connectivity index (χ3n) is 4.28. The van der Waals surface area contributed by atoms with Gasteiger partial charge in [-0.25, -0.2) is 9.67 Å². The van der Waals surface area contributed by atoms with Crippen molar-refractivity contribution in [3.05, 3.63) is 59.1 Å². The van der Waals surface area contributed by atoms with Gasteiger partial charge in [-0.15, -0.1) is 5.10 Å². The van der Waals surface area contributed by atoms with E-state index in [2.05, 4.69) is 15.4 Å². The Kier molecular flexibility index (Phi) is 3.45. The Bertz CT molecular complexity index is 909. The SMILES string of the molecule is CCn1nc(-c2ccc(C)o2)nc1C[C@H]1NC(=O)c2ccccc21. The summed E-state index contributed by atoms with van der Waals surface area (Å²) in [4.78, 5) is 16.7. The number of hydrogen-bond acceptors (Lipinski definition) is 4. The zero-order valence-electron chi connectivity index (χ0n) is 13.6. The first-order chi connectivity index (χ1) is 11.7. The maximum Gasteiger partial charge on any atom is 0.252 e. The summed E-state index contributed by atoms with van der Waals surface area (Å²) < 4.78 is 7.48. The normalized spacial score (nSPS) is 16.2. The van der Waals surface area contributed by atoms with Crippen molar-refractivity contribution in [1.29, 1.82) is 0 Å². The Morgan fingerprint density at radius 1 is 1.25 bits per heavy atom. The van der Waals surface area contributed by atoms with Crippen LogP contribution in [0.5, 0.6) is 0 Å². The molecule has 6 nitrogen and oxygen atoms in total. The minimum absolute atomic E-state index is 0.0277. The van der Waals surface area contributed by atoms with Gasteiger partial charge in [0, 0.05) is 18.5 Å². The molecule has 1 N–H and O–H groups in total. The van der Waals surface area contributed by atoms with Crippen LogP contribution < -0.4 is 5.32 Å². The lowest BCUT2D eigenvalue weighted by Gasteiger charge is -2.11. The molecule has 1 aromatic carbocycles. The Hall–Kier alpha value is -2.89. The van der Waals surface area contributed by atoms with Crippen LogP contribution in [0.15, 0.2) is 40.8 Å². The second-order valence-electron chi connectivity index (χ2n) is 5.90. The number of carbonyl (C=O) groups is 1. The average Bonchev–Trinajstić information content (AvgIpc) is 3.27. The fourth-order valence-corrected chi connectivity index (χ4v) is 3.10. The standard InChI is InChI=1S/C18H18N4O2/c1-3-22-16(20-17(21-22)15-9-8-11(2)24-15)10-14-12-6-4-5-7-13(12)18(23)19-14/h4-9,14H,3,10H2,1-2H3,(H,19,23)/t14-/m1/s1. The largest absolute Gasteiger partial charge is 0.458 e. The molecule has 2 aromatic heterocycles. The second-order valence-corrected chi connectivity index (χ2v) is 5.90. The molecule has 0 saturated heterocycles. The van der Waals surface area contributed by atoms with Gasteiger partial charge >= 0.3 is 0 Å². The van der Waals surface area contributed by atoms with Crippen molar-refractivity contribution in [2.75, 3.05) is 0 Å². The van der Waals surface area contributed by atoms with E-state index >= 15 is 0 Å². The highest BCUT2D eigenvalue weighted by Gasteiger charge is 2.29. The minimum Gasteiger partial charge on any atom is -0.458 e. The predicted molar refractivity (Wildman–Crippen MR) is 88.5 cm³/mol. The number of nitrogens with zero attached hydrogens (tertiary/aromatic N) is 3. The molecular weight excluding hydrogens is 304 g/mol. The number of hydrogen-bond donors (Lipinski definition) is 1. The number of carbonyl (C=O) groups excluding carboxylic acids is 1. The lowest BCUT2D eigenvalue weighted by Crippen LogP contribution is -2.22. The van der Waals surface area contributed by atoms with E-state index in [4.69, 9.17) is 4.42 Å². The van der Waals surface area contributed by atoms with Crippen molar-refractivity contribution in [3.63, 3.8) is 0 Å². The van der Waals surface area contributed by atoms with Crippen LogP contribution in [0.1, 0.15) is 40.5 Å². The molecule has 0 bridgehead atoms. The summed E-state index contributed by atoms with van der Waals surface area (Å²) in [5, 5.41) is 7.56. The summed E-state index contributed by atoms with van der Waals surface area (Å²) in [5.74, 6) is 2.88. The van der Waals surface area contributed by atoms with E-state index in [1.807, 2.05) is 54.9 Å². The number of rotatable bonds is 4. The summed E-state index contributed by atoms with van der Waals surface area (Å²) in [5.41, 5.74) is 1.76. The second kappa shape index (κ2) is 5.63. The number of benzene rings is 1. The number of aryl methyl sites for hydroxylation is 2. The number of fused-ring (bicyclic) bond motifs is 1. The fourth-order valence-electron chi connectivity index (χ4n) is 3.10. The van der Waals surface area contributed by atoms with Gasteiger partial charge in [-0.3, -0.25) is 4.79 Å². The first-order valence-electron chi connectivity index (χ1n) is 8.06. The third-order valence-corrected chi connectivity index (χ3v) is 4.28. The maximum atomic E-state index is 12.1. The molecule has 1 atom stereocenters. The van der Waals surface area contributed by atoms with E-state index in [0.717, 1.165) is 22.7 Å². The lowest BCUT2D eigenvalue weighted by atomic mass is 10.0. The number of aromatic nitrogens is 3. The first kappa shape index (κ1) is 14.7. The zero-order valence-corrected chi connectivity index (χ0v) is 13.6. The molecule has 0 aliphatic carbocycles. The highest BCUT2D eigenvalue weighted by atomic mass is 16.3. The zero-order chi connectivity index (χ0) is 16.7. The van der Waals surface area contributed by atoms with Crippen molar-refractivity contribution in [2.24, 2.45) is 0 Å². The van der Waals surface area contributed by atoms with Crippen LogP contribution >= 0.6 is 0 Å². The molecule has 3 heterocycles. The van der Waals surface area contributed by atoms with Gasteiger partial charge in [0.2, 0.25) is 5.82 Å². The van der Waals surface area contributed by atoms with Crippen LogP contribution in [0, 0.1) is 6.92 Å². The number of amides is 1. The maximum absolute atomic E-state index is 12.1. The van der Waals surface area contributed by atoms with Gasteiger partial charge in [0.15, 0.2) is 5.76 Å². The van der Waals surface area contributed by atoms with Crippen LogP contribution in [0.3, 0.4) is 0 Å². The Morgan fingerprint density at radius 3 is 2.83 bits per heavy atom. The van der Waals surface area contributed by atoms with Crippen LogP contribution in [-0.4, -0.2) is 20.7 Å². The van der Waals surface area contributed by atoms with Crippen molar-refractivity contribution in [2.45, 2.75) is 32.9 Å². The molecule has 4 rings (SSSR count). The van der Waals surface area contributed by atoms with E-state index < -0.39 is 0 Å². The molecular formula is C18H18N4O2. The van der Waals surface area contributed by atoms with Gasteiger partial charge in [-0.1, -0.05) is 18.2 Å². The summed E-state index contributed by atoms with van der Waals surface area (Å²) in [6, 6.07) is 11.4. The molecule has 0 radical (unpaired) electrons. The van der Waals surface area contributed by atoms with Gasteiger partial charge in [-0.05, 0) is 37.6 Å². The van der Waals surface area contributed by atoms with Crippen molar-refractivity contribution in [1.82, 2.24) is 20.1 Å². The molecule has 3 aromatic rings. The number of furan rings is 1. The topological polar surface area (TPSA) is 73.0 Å².